The molecule has 4 nitrogen and oxygen atoms in total. The second-order valence-electron chi connectivity index (χ2n) is 3.71. The molecule has 1 atom stereocenters. The second kappa shape index (κ2) is 3.46. The molecule has 13 heavy (non-hydrogen) atoms. The summed E-state index contributed by atoms with van der Waals surface area (Å²) in [7, 11) is 0. The highest BCUT2D eigenvalue weighted by atomic mass is 16.5. The van der Waals surface area contributed by atoms with Crippen molar-refractivity contribution in [3.05, 3.63) is 11.7 Å². The molecule has 1 unspecified atom stereocenters. The summed E-state index contributed by atoms with van der Waals surface area (Å²) in [6.07, 6.45) is 1.000. The van der Waals surface area contributed by atoms with Crippen LogP contribution in [0.2, 0.25) is 0 Å². The first-order valence-electron chi connectivity index (χ1n) is 4.68. The molecule has 0 amide bonds. The summed E-state index contributed by atoms with van der Waals surface area (Å²) in [5.41, 5.74) is 0. The lowest BCUT2D eigenvalue weighted by molar-refractivity contribution is 0.189. The van der Waals surface area contributed by atoms with E-state index in [1.165, 1.54) is 0 Å². The Labute approximate surface area is 77.3 Å². The summed E-state index contributed by atoms with van der Waals surface area (Å²) in [6, 6.07) is 0. The van der Waals surface area contributed by atoms with Crippen LogP contribution < -0.4 is 0 Å². The van der Waals surface area contributed by atoms with E-state index in [-0.39, 0.29) is 0 Å². The van der Waals surface area contributed by atoms with Crippen molar-refractivity contribution in [3.63, 3.8) is 0 Å². The van der Waals surface area contributed by atoms with Gasteiger partial charge < -0.3 is 9.26 Å². The van der Waals surface area contributed by atoms with Gasteiger partial charge in [0.25, 0.3) is 0 Å². The van der Waals surface area contributed by atoms with Crippen molar-refractivity contribution in [2.75, 3.05) is 13.2 Å². The minimum atomic E-state index is 0.319. The number of hydrogen-bond acceptors (Lipinski definition) is 4. The van der Waals surface area contributed by atoms with Crippen LogP contribution >= 0.6 is 0 Å². The van der Waals surface area contributed by atoms with Crippen LogP contribution in [-0.2, 0) is 4.74 Å². The zero-order valence-electron chi connectivity index (χ0n) is 7.99. The molecule has 1 aliphatic heterocycles. The van der Waals surface area contributed by atoms with Crippen LogP contribution in [0.25, 0.3) is 0 Å². The van der Waals surface area contributed by atoms with Gasteiger partial charge in [0.2, 0.25) is 5.89 Å². The smallest absolute Gasteiger partial charge is 0.232 e. The highest BCUT2D eigenvalue weighted by molar-refractivity contribution is 4.98. The normalized spacial score (nSPS) is 22.8. The zero-order chi connectivity index (χ0) is 9.26. The van der Waals surface area contributed by atoms with Crippen LogP contribution in [0.4, 0.5) is 0 Å². The fourth-order valence-corrected chi connectivity index (χ4v) is 1.38. The number of hydrogen-bond donors (Lipinski definition) is 0. The van der Waals surface area contributed by atoms with Crippen molar-refractivity contribution < 1.29 is 9.26 Å². The van der Waals surface area contributed by atoms with Gasteiger partial charge in [-0.2, -0.15) is 4.98 Å². The molecule has 0 aromatic carbocycles. The lowest BCUT2D eigenvalue weighted by Gasteiger charge is -1.97. The highest BCUT2D eigenvalue weighted by Crippen LogP contribution is 2.24. The summed E-state index contributed by atoms with van der Waals surface area (Å²) >= 11 is 0. The van der Waals surface area contributed by atoms with E-state index in [1.54, 1.807) is 0 Å². The van der Waals surface area contributed by atoms with E-state index in [9.17, 15) is 0 Å². The van der Waals surface area contributed by atoms with E-state index in [2.05, 4.69) is 24.0 Å². The molecule has 0 aliphatic carbocycles. The number of rotatable bonds is 2. The molecule has 1 aromatic heterocycles. The van der Waals surface area contributed by atoms with Crippen molar-refractivity contribution in [1.82, 2.24) is 10.1 Å². The van der Waals surface area contributed by atoms with Crippen LogP contribution in [0.1, 0.15) is 43.8 Å². The molecule has 2 rings (SSSR count). The van der Waals surface area contributed by atoms with Crippen LogP contribution in [0.5, 0.6) is 0 Å². The Kier molecular flexibility index (Phi) is 2.31. The van der Waals surface area contributed by atoms with Crippen molar-refractivity contribution in [2.24, 2.45) is 0 Å². The van der Waals surface area contributed by atoms with E-state index in [0.717, 1.165) is 31.3 Å². The molecule has 0 radical (unpaired) electrons. The fraction of sp³-hybridized carbons (Fsp3) is 0.778. The minimum absolute atomic E-state index is 0.319. The van der Waals surface area contributed by atoms with Crippen LogP contribution in [0.15, 0.2) is 4.52 Å². The van der Waals surface area contributed by atoms with Gasteiger partial charge in [0.1, 0.15) is 0 Å². The van der Waals surface area contributed by atoms with Crippen LogP contribution in [0.3, 0.4) is 0 Å². The van der Waals surface area contributed by atoms with Gasteiger partial charge in [-0.1, -0.05) is 19.0 Å². The first-order valence-corrected chi connectivity index (χ1v) is 4.68. The van der Waals surface area contributed by atoms with Gasteiger partial charge in [-0.3, -0.25) is 0 Å². The minimum Gasteiger partial charge on any atom is -0.381 e. The molecule has 0 N–H and O–H groups in total. The van der Waals surface area contributed by atoms with Gasteiger partial charge in [0.05, 0.1) is 12.5 Å². The number of nitrogens with zero attached hydrogens (tertiary/aromatic N) is 2. The Hall–Kier alpha value is -0.900. The molecule has 72 valence electrons. The molecule has 0 bridgehead atoms. The lowest BCUT2D eigenvalue weighted by Crippen LogP contribution is -1.98. The summed E-state index contributed by atoms with van der Waals surface area (Å²) in [5.74, 6) is 2.18. The molecular weight excluding hydrogens is 168 g/mol. The first kappa shape index (κ1) is 8.69. The summed E-state index contributed by atoms with van der Waals surface area (Å²) in [6.45, 7) is 5.64. The molecule has 0 spiro atoms. The van der Waals surface area contributed by atoms with E-state index in [0.29, 0.717) is 11.8 Å². The topological polar surface area (TPSA) is 48.2 Å². The Morgan fingerprint density at radius 3 is 2.85 bits per heavy atom. The van der Waals surface area contributed by atoms with Gasteiger partial charge in [0, 0.05) is 12.5 Å². The SMILES string of the molecule is CC(C)c1noc(C2CCOC2)n1. The third-order valence-corrected chi connectivity index (χ3v) is 2.25. The van der Waals surface area contributed by atoms with Crippen LogP contribution in [-0.4, -0.2) is 23.4 Å². The molecule has 1 aromatic rings. The summed E-state index contributed by atoms with van der Waals surface area (Å²) < 4.78 is 10.4. The van der Waals surface area contributed by atoms with Gasteiger partial charge >= 0.3 is 0 Å². The quantitative estimate of drug-likeness (QED) is 0.698. The van der Waals surface area contributed by atoms with E-state index in [4.69, 9.17) is 9.26 Å². The second-order valence-corrected chi connectivity index (χ2v) is 3.71. The molecule has 1 fully saturated rings. The predicted octanol–water partition coefficient (Wildman–Crippen LogP) is 1.70. The van der Waals surface area contributed by atoms with E-state index < -0.39 is 0 Å². The average Bonchev–Trinajstić information content (AvgIpc) is 2.75. The Morgan fingerprint density at radius 2 is 2.31 bits per heavy atom. The largest absolute Gasteiger partial charge is 0.381 e. The first-order chi connectivity index (χ1) is 6.27. The van der Waals surface area contributed by atoms with Crippen molar-refractivity contribution in [2.45, 2.75) is 32.1 Å². The molecule has 1 saturated heterocycles. The average molecular weight is 182 g/mol. The molecule has 0 saturated carbocycles. The standard InChI is InChI=1S/C9H14N2O2/c1-6(2)8-10-9(13-11-8)7-3-4-12-5-7/h6-7H,3-5H2,1-2H3. The van der Waals surface area contributed by atoms with Crippen molar-refractivity contribution in [1.29, 1.82) is 0 Å². The maximum absolute atomic E-state index is 5.25. The Morgan fingerprint density at radius 1 is 1.46 bits per heavy atom. The van der Waals surface area contributed by atoms with Gasteiger partial charge in [0.15, 0.2) is 5.82 Å². The third-order valence-electron chi connectivity index (χ3n) is 2.25. The monoisotopic (exact) mass is 182 g/mol. The van der Waals surface area contributed by atoms with Crippen molar-refractivity contribution in [3.8, 4) is 0 Å². The lowest BCUT2D eigenvalue weighted by atomic mass is 10.1. The fourth-order valence-electron chi connectivity index (χ4n) is 1.38. The van der Waals surface area contributed by atoms with Crippen molar-refractivity contribution >= 4 is 0 Å². The molecule has 4 heteroatoms. The summed E-state index contributed by atoms with van der Waals surface area (Å²) in [5, 5.41) is 3.92. The molecule has 2 heterocycles. The highest BCUT2D eigenvalue weighted by Gasteiger charge is 2.24. The molecular formula is C9H14N2O2. The predicted molar refractivity (Wildman–Crippen MR) is 46.6 cm³/mol. The Bertz CT molecular complexity index is 277. The van der Waals surface area contributed by atoms with Gasteiger partial charge in [-0.05, 0) is 6.42 Å². The van der Waals surface area contributed by atoms with Gasteiger partial charge in [-0.15, -0.1) is 0 Å². The van der Waals surface area contributed by atoms with Crippen LogP contribution in [0, 0.1) is 0 Å². The third kappa shape index (κ3) is 1.72. The van der Waals surface area contributed by atoms with E-state index in [1.807, 2.05) is 0 Å². The summed E-state index contributed by atoms with van der Waals surface area (Å²) in [4.78, 5) is 4.33. The maximum Gasteiger partial charge on any atom is 0.232 e. The number of aromatic nitrogens is 2. The Balaban J connectivity index is 2.12. The maximum atomic E-state index is 5.25. The van der Waals surface area contributed by atoms with Gasteiger partial charge in [-0.25, -0.2) is 0 Å². The molecule has 1 aliphatic rings. The van der Waals surface area contributed by atoms with E-state index >= 15 is 0 Å². The zero-order valence-corrected chi connectivity index (χ0v) is 7.99. The number of ether oxygens (including phenoxy) is 1.